The fourth-order valence-electron chi connectivity index (χ4n) is 5.90. The second kappa shape index (κ2) is 8.20. The summed E-state index contributed by atoms with van der Waals surface area (Å²) in [6.45, 7) is 0. The van der Waals surface area contributed by atoms with Gasteiger partial charge in [0.2, 0.25) is 11.8 Å². The molecule has 2 fully saturated rings. The second-order valence-corrected chi connectivity index (χ2v) is 9.63. The van der Waals surface area contributed by atoms with Crippen LogP contribution in [0.2, 0.25) is 5.02 Å². The van der Waals surface area contributed by atoms with Gasteiger partial charge in [0, 0.05) is 11.8 Å². The Balaban J connectivity index is 1.47. The van der Waals surface area contributed by atoms with Crippen LogP contribution in [0.15, 0.2) is 96.6 Å². The lowest BCUT2D eigenvalue weighted by molar-refractivity contribution is -0.137. The molecule has 0 spiro atoms. The van der Waals surface area contributed by atoms with Crippen LogP contribution in [-0.4, -0.2) is 11.8 Å². The second-order valence-electron chi connectivity index (χ2n) is 9.23. The molecule has 1 aliphatic heterocycles. The first-order valence-electron chi connectivity index (χ1n) is 11.5. The molecular formula is C29H19ClF3NO2. The summed E-state index contributed by atoms with van der Waals surface area (Å²) in [5, 5.41) is -0.0741. The molecule has 1 heterocycles. The molecule has 3 aliphatic rings. The van der Waals surface area contributed by atoms with E-state index in [9.17, 15) is 22.8 Å². The number of imide groups is 1. The molecule has 3 aromatic carbocycles. The molecule has 180 valence electrons. The summed E-state index contributed by atoms with van der Waals surface area (Å²) in [5.74, 6) is -3.06. The molecule has 1 saturated heterocycles. The third-order valence-electron chi connectivity index (χ3n) is 7.34. The van der Waals surface area contributed by atoms with Crippen LogP contribution >= 0.6 is 11.6 Å². The minimum Gasteiger partial charge on any atom is -0.274 e. The molecule has 0 aromatic heterocycles. The predicted molar refractivity (Wildman–Crippen MR) is 131 cm³/mol. The quantitative estimate of drug-likeness (QED) is 0.290. The van der Waals surface area contributed by atoms with E-state index in [2.05, 4.69) is 0 Å². The number of carbonyl (C=O) groups excluding carboxylic acids is 2. The smallest absolute Gasteiger partial charge is 0.274 e. The highest BCUT2D eigenvalue weighted by Gasteiger charge is 2.62. The number of benzene rings is 3. The van der Waals surface area contributed by atoms with E-state index in [1.165, 1.54) is 0 Å². The molecule has 7 heteroatoms. The SMILES string of the molecule is O=C1[C@@H]2[C@@H](C(=O)N1c1cc(C(F)(F)F)ccc1Cl)[C@H]1C=C[C@H]2C1=C(c1ccccc1)c1ccccc1. The fourth-order valence-corrected chi connectivity index (χ4v) is 6.11. The number of carbonyl (C=O) groups is 2. The van der Waals surface area contributed by atoms with Crippen LogP contribution in [0.5, 0.6) is 0 Å². The van der Waals surface area contributed by atoms with Crippen molar-refractivity contribution >= 4 is 34.7 Å². The van der Waals surface area contributed by atoms with Crippen molar-refractivity contribution in [1.29, 1.82) is 0 Å². The zero-order valence-electron chi connectivity index (χ0n) is 18.7. The highest BCUT2D eigenvalue weighted by molar-refractivity contribution is 6.36. The molecule has 2 bridgehead atoms. The zero-order chi connectivity index (χ0) is 25.2. The van der Waals surface area contributed by atoms with Crippen molar-refractivity contribution in [2.45, 2.75) is 6.18 Å². The van der Waals surface area contributed by atoms with Gasteiger partial charge in [-0.15, -0.1) is 0 Å². The number of rotatable bonds is 3. The van der Waals surface area contributed by atoms with Gasteiger partial charge in [-0.05, 0) is 40.5 Å². The maximum absolute atomic E-state index is 13.7. The van der Waals surface area contributed by atoms with Crippen LogP contribution in [0, 0.1) is 23.7 Å². The Kier molecular flexibility index (Phi) is 5.20. The Morgan fingerprint density at radius 1 is 0.750 bits per heavy atom. The van der Waals surface area contributed by atoms with Gasteiger partial charge in [0.25, 0.3) is 0 Å². The topological polar surface area (TPSA) is 37.4 Å². The summed E-state index contributed by atoms with van der Waals surface area (Å²) >= 11 is 6.20. The molecule has 0 radical (unpaired) electrons. The average Bonchev–Trinajstić information content (AvgIpc) is 3.50. The van der Waals surface area contributed by atoms with Gasteiger partial charge in [-0.25, -0.2) is 4.90 Å². The molecular weight excluding hydrogens is 487 g/mol. The standard InChI is InChI=1S/C29H19ClF3NO2/c30-21-14-11-18(29(31,32)33)15-22(21)34-27(35)25-19-12-13-20(26(25)28(34)36)24(19)23(16-7-3-1-4-8-16)17-9-5-2-6-10-17/h1-15,19-20,25-26H/t19-,20-,25-,26-/m0/s1. The highest BCUT2D eigenvalue weighted by atomic mass is 35.5. The number of hydrogen-bond acceptors (Lipinski definition) is 2. The van der Waals surface area contributed by atoms with Crippen LogP contribution in [0.25, 0.3) is 5.57 Å². The molecule has 1 saturated carbocycles. The van der Waals surface area contributed by atoms with Crippen molar-refractivity contribution in [1.82, 2.24) is 0 Å². The molecule has 4 atom stereocenters. The zero-order valence-corrected chi connectivity index (χ0v) is 19.5. The minimum atomic E-state index is -4.63. The Morgan fingerprint density at radius 3 is 1.72 bits per heavy atom. The number of nitrogens with zero attached hydrogens (tertiary/aromatic N) is 1. The minimum absolute atomic E-state index is 0.0741. The number of anilines is 1. The van der Waals surface area contributed by atoms with Crippen molar-refractivity contribution < 1.29 is 22.8 Å². The lowest BCUT2D eigenvalue weighted by Gasteiger charge is -2.23. The third kappa shape index (κ3) is 3.35. The maximum atomic E-state index is 13.7. The first-order chi connectivity index (χ1) is 17.3. The van der Waals surface area contributed by atoms with E-state index in [0.29, 0.717) is 0 Å². The van der Waals surface area contributed by atoms with Gasteiger partial charge in [0.15, 0.2) is 0 Å². The average molecular weight is 506 g/mol. The van der Waals surface area contributed by atoms with E-state index in [4.69, 9.17) is 11.6 Å². The monoisotopic (exact) mass is 505 g/mol. The fraction of sp³-hybridized carbons (Fsp3) is 0.172. The van der Waals surface area contributed by atoms with Gasteiger partial charge in [-0.1, -0.05) is 84.4 Å². The lowest BCUT2D eigenvalue weighted by Crippen LogP contribution is -2.33. The van der Waals surface area contributed by atoms with Crippen molar-refractivity contribution in [2.24, 2.45) is 23.7 Å². The Morgan fingerprint density at radius 2 is 1.25 bits per heavy atom. The Labute approximate surface area is 210 Å². The number of hydrogen-bond donors (Lipinski definition) is 0. The molecule has 6 rings (SSSR count). The van der Waals surface area contributed by atoms with E-state index in [1.807, 2.05) is 72.8 Å². The van der Waals surface area contributed by atoms with Gasteiger partial charge >= 0.3 is 6.18 Å². The lowest BCUT2D eigenvalue weighted by atomic mass is 9.85. The molecule has 0 N–H and O–H groups in total. The van der Waals surface area contributed by atoms with Gasteiger partial charge in [0.1, 0.15) is 0 Å². The van der Waals surface area contributed by atoms with Crippen LogP contribution in [0.3, 0.4) is 0 Å². The van der Waals surface area contributed by atoms with Crippen molar-refractivity contribution in [2.75, 3.05) is 4.90 Å². The van der Waals surface area contributed by atoms with Gasteiger partial charge in [-0.3, -0.25) is 9.59 Å². The normalized spacial score (nSPS) is 24.6. The van der Waals surface area contributed by atoms with Crippen LogP contribution < -0.4 is 4.90 Å². The summed E-state index contributed by atoms with van der Waals surface area (Å²) in [5.41, 5.74) is 2.77. The van der Waals surface area contributed by atoms with Crippen molar-refractivity contribution in [3.8, 4) is 0 Å². The van der Waals surface area contributed by atoms with Crippen LogP contribution in [0.1, 0.15) is 16.7 Å². The van der Waals surface area contributed by atoms with E-state index in [-0.39, 0.29) is 22.5 Å². The molecule has 3 nitrogen and oxygen atoms in total. The highest BCUT2D eigenvalue weighted by Crippen LogP contribution is 2.59. The third-order valence-corrected chi connectivity index (χ3v) is 7.66. The number of halogens is 4. The Bertz CT molecular complexity index is 1370. The van der Waals surface area contributed by atoms with E-state index < -0.39 is 35.4 Å². The summed E-state index contributed by atoms with van der Waals surface area (Å²) in [7, 11) is 0. The summed E-state index contributed by atoms with van der Waals surface area (Å²) in [4.78, 5) is 28.2. The molecule has 2 amide bonds. The van der Waals surface area contributed by atoms with E-state index in [0.717, 1.165) is 45.4 Å². The van der Waals surface area contributed by atoms with Crippen LogP contribution in [-0.2, 0) is 15.8 Å². The molecule has 2 aliphatic carbocycles. The molecule has 0 unspecified atom stereocenters. The predicted octanol–water partition coefficient (Wildman–Crippen LogP) is 6.78. The summed E-state index contributed by atoms with van der Waals surface area (Å²) < 4.78 is 40.1. The van der Waals surface area contributed by atoms with Gasteiger partial charge < -0.3 is 0 Å². The number of alkyl halides is 3. The first-order valence-corrected chi connectivity index (χ1v) is 11.9. The van der Waals surface area contributed by atoms with Gasteiger partial charge in [0.05, 0.1) is 28.1 Å². The van der Waals surface area contributed by atoms with Crippen molar-refractivity contribution in [3.63, 3.8) is 0 Å². The van der Waals surface area contributed by atoms with Crippen LogP contribution in [0.4, 0.5) is 18.9 Å². The molecule has 3 aromatic rings. The van der Waals surface area contributed by atoms with Crippen molar-refractivity contribution in [3.05, 3.63) is 118 Å². The number of amides is 2. The maximum Gasteiger partial charge on any atom is 0.416 e. The van der Waals surface area contributed by atoms with E-state index in [1.54, 1.807) is 0 Å². The Hall–Kier alpha value is -3.64. The van der Waals surface area contributed by atoms with E-state index >= 15 is 0 Å². The summed E-state index contributed by atoms with van der Waals surface area (Å²) in [6.07, 6.45) is -0.720. The first kappa shape index (κ1) is 22.8. The largest absolute Gasteiger partial charge is 0.416 e. The summed E-state index contributed by atoms with van der Waals surface area (Å²) in [6, 6.07) is 22.3. The van der Waals surface area contributed by atoms with Gasteiger partial charge in [-0.2, -0.15) is 13.2 Å². The number of allylic oxidation sites excluding steroid dienone is 3. The molecule has 36 heavy (non-hydrogen) atoms. The number of fused-ring (bicyclic) bond motifs is 5.